The van der Waals surface area contributed by atoms with Crippen LogP contribution >= 0.6 is 0 Å². The molecule has 1 aliphatic carbocycles. The molecule has 1 saturated carbocycles. The molecule has 7 aliphatic rings. The number of hydrogen-bond donors (Lipinski definition) is 1. The summed E-state index contributed by atoms with van der Waals surface area (Å²) >= 11 is 0. The van der Waals surface area contributed by atoms with Crippen LogP contribution in [-0.2, 0) is 23.7 Å². The van der Waals surface area contributed by atoms with Gasteiger partial charge in [0.05, 0.1) is 30.2 Å². The Morgan fingerprint density at radius 2 is 2.03 bits per heavy atom. The molecule has 1 N–H and O–H groups in total. The minimum absolute atomic E-state index is 0.0423. The molecule has 6 aliphatic heterocycles. The highest BCUT2D eigenvalue weighted by Gasteiger charge is 2.84. The van der Waals surface area contributed by atoms with Crippen molar-refractivity contribution in [1.29, 1.82) is 0 Å². The first-order valence-electron chi connectivity index (χ1n) is 12.6. The van der Waals surface area contributed by atoms with E-state index in [9.17, 15) is 4.79 Å². The van der Waals surface area contributed by atoms with Crippen molar-refractivity contribution in [3.05, 3.63) is 22.9 Å². The van der Waals surface area contributed by atoms with Gasteiger partial charge in [0, 0.05) is 30.5 Å². The molecule has 0 radical (unpaired) electrons. The van der Waals surface area contributed by atoms with Gasteiger partial charge in [-0.3, -0.25) is 4.90 Å². The van der Waals surface area contributed by atoms with E-state index in [4.69, 9.17) is 18.9 Å². The third-order valence-corrected chi connectivity index (χ3v) is 9.88. The van der Waals surface area contributed by atoms with Crippen LogP contribution in [0.1, 0.15) is 58.8 Å². The first-order valence-corrected chi connectivity index (χ1v) is 12.6. The molecular formula is C25H34N2O5. The molecule has 0 amide bonds. The summed E-state index contributed by atoms with van der Waals surface area (Å²) in [5.41, 5.74) is 0.548. The molecule has 1 spiro atoms. The summed E-state index contributed by atoms with van der Waals surface area (Å²) in [6.45, 7) is 6.09. The number of methoxy groups -OCH3 is 1. The number of carbonyl (C=O) groups is 1. The van der Waals surface area contributed by atoms with Crippen LogP contribution < -0.4 is 5.32 Å². The Morgan fingerprint density at radius 3 is 2.81 bits per heavy atom. The Balaban J connectivity index is 1.25. The fraction of sp³-hybridized carbons (Fsp3) is 0.800. The van der Waals surface area contributed by atoms with Crippen LogP contribution in [0.4, 0.5) is 0 Å². The molecule has 7 rings (SSSR count). The number of fused-ring (bicyclic) bond motifs is 1. The van der Waals surface area contributed by atoms with Gasteiger partial charge in [-0.25, -0.2) is 4.79 Å². The van der Waals surface area contributed by atoms with Crippen molar-refractivity contribution < 1.29 is 23.7 Å². The summed E-state index contributed by atoms with van der Waals surface area (Å²) < 4.78 is 24.9. The summed E-state index contributed by atoms with van der Waals surface area (Å²) in [6, 6.07) is 1.10. The van der Waals surface area contributed by atoms with Gasteiger partial charge in [0.2, 0.25) is 11.5 Å². The van der Waals surface area contributed by atoms with E-state index in [0.717, 1.165) is 31.7 Å². The predicted molar refractivity (Wildman–Crippen MR) is 115 cm³/mol. The zero-order chi connectivity index (χ0) is 21.8. The number of carbonyl (C=O) groups excluding carboxylic acids is 1. The van der Waals surface area contributed by atoms with Crippen LogP contribution in [0.3, 0.4) is 0 Å². The lowest BCUT2D eigenvalue weighted by Gasteiger charge is -2.48. The van der Waals surface area contributed by atoms with Crippen molar-refractivity contribution in [2.45, 2.75) is 88.3 Å². The normalized spacial score (nSPS) is 50.9. The minimum Gasteiger partial charge on any atom is -0.492 e. The van der Waals surface area contributed by atoms with Crippen LogP contribution in [0.25, 0.3) is 0 Å². The molecule has 6 fully saturated rings. The number of hydrogen-bond acceptors (Lipinski definition) is 7. The van der Waals surface area contributed by atoms with Gasteiger partial charge in [0.15, 0.2) is 5.76 Å². The lowest BCUT2D eigenvalue weighted by Crippen LogP contribution is -2.64. The SMILES string of the molecule is COC1=C(C)C(=O)O/C1=C1\O[C@@]23O[C@H]4C[C@@H]([C@H]2[C@@H]1C)N1CC[C@H]3[C@@]41CNC1CCCCC1. The standard InChI is InChI=1S/C25H34N2O5/c1-13-19-16-11-18-24(12-26-15-7-5-4-6-8-15)17(9-10-27(16)24)25(19,31-18)32-21(13)22-20(29-3)14(2)23(28)30-22/h13,15-19,26H,4-12H2,1-3H3/b22-21-/t13-,16-,17-,18-,19+,24-,25+/m0/s1. The number of piperidine rings is 1. The van der Waals surface area contributed by atoms with E-state index < -0.39 is 5.79 Å². The molecule has 0 aromatic heterocycles. The van der Waals surface area contributed by atoms with E-state index in [2.05, 4.69) is 17.1 Å². The Labute approximate surface area is 189 Å². The average Bonchev–Trinajstić information content (AvgIpc) is 3.51. The van der Waals surface area contributed by atoms with Gasteiger partial charge in [0.1, 0.15) is 5.76 Å². The van der Waals surface area contributed by atoms with Gasteiger partial charge >= 0.3 is 5.97 Å². The summed E-state index contributed by atoms with van der Waals surface area (Å²) in [5.74, 6) is 1.49. The summed E-state index contributed by atoms with van der Waals surface area (Å²) in [5, 5.41) is 3.96. The number of allylic oxidation sites excluding steroid dienone is 1. The maximum Gasteiger partial charge on any atom is 0.343 e. The highest BCUT2D eigenvalue weighted by molar-refractivity contribution is 5.93. The van der Waals surface area contributed by atoms with E-state index >= 15 is 0 Å². The first kappa shape index (κ1) is 19.9. The Kier molecular flexibility index (Phi) is 4.04. The van der Waals surface area contributed by atoms with Crippen molar-refractivity contribution in [1.82, 2.24) is 10.2 Å². The van der Waals surface area contributed by atoms with Crippen molar-refractivity contribution >= 4 is 5.97 Å². The fourth-order valence-electron chi connectivity index (χ4n) is 8.65. The van der Waals surface area contributed by atoms with Crippen molar-refractivity contribution in [3.8, 4) is 0 Å². The molecule has 5 saturated heterocycles. The lowest BCUT2D eigenvalue weighted by molar-refractivity contribution is -0.255. The number of nitrogens with one attached hydrogen (secondary N) is 1. The van der Waals surface area contributed by atoms with E-state index in [1.165, 1.54) is 32.1 Å². The van der Waals surface area contributed by atoms with Crippen LogP contribution in [0.15, 0.2) is 22.9 Å². The largest absolute Gasteiger partial charge is 0.492 e. The molecule has 6 heterocycles. The second-order valence-corrected chi connectivity index (χ2v) is 11.0. The first-order chi connectivity index (χ1) is 15.5. The minimum atomic E-state index is -0.599. The molecule has 0 aromatic rings. The van der Waals surface area contributed by atoms with Crippen LogP contribution in [-0.4, -0.2) is 60.6 Å². The van der Waals surface area contributed by atoms with Crippen LogP contribution in [0.5, 0.6) is 0 Å². The molecule has 7 nitrogen and oxygen atoms in total. The Bertz CT molecular complexity index is 939. The molecule has 8 atom stereocenters. The van der Waals surface area contributed by atoms with E-state index in [1.54, 1.807) is 14.0 Å². The Hall–Kier alpha value is -1.57. The van der Waals surface area contributed by atoms with Gasteiger partial charge < -0.3 is 24.3 Å². The van der Waals surface area contributed by atoms with E-state index in [0.29, 0.717) is 35.1 Å². The molecule has 0 aromatic carbocycles. The van der Waals surface area contributed by atoms with Gasteiger partial charge in [-0.15, -0.1) is 0 Å². The molecule has 7 heteroatoms. The molecule has 32 heavy (non-hydrogen) atoms. The molecule has 5 bridgehead atoms. The topological polar surface area (TPSA) is 69.3 Å². The third kappa shape index (κ3) is 2.16. The second-order valence-electron chi connectivity index (χ2n) is 11.0. The van der Waals surface area contributed by atoms with Crippen LogP contribution in [0, 0.1) is 17.8 Å². The maximum absolute atomic E-state index is 12.3. The lowest BCUT2D eigenvalue weighted by atomic mass is 9.70. The molecular weight excluding hydrogens is 408 g/mol. The van der Waals surface area contributed by atoms with Crippen molar-refractivity contribution in [2.24, 2.45) is 17.8 Å². The average molecular weight is 443 g/mol. The van der Waals surface area contributed by atoms with Gasteiger partial charge in [-0.05, 0) is 39.2 Å². The summed E-state index contributed by atoms with van der Waals surface area (Å²) in [7, 11) is 1.59. The summed E-state index contributed by atoms with van der Waals surface area (Å²) in [6.07, 6.45) is 9.06. The highest BCUT2D eigenvalue weighted by Crippen LogP contribution is 2.72. The zero-order valence-electron chi connectivity index (χ0n) is 19.3. The third-order valence-electron chi connectivity index (χ3n) is 9.88. The predicted octanol–water partition coefficient (Wildman–Crippen LogP) is 2.82. The smallest absolute Gasteiger partial charge is 0.343 e. The molecule has 174 valence electrons. The number of ether oxygens (including phenoxy) is 4. The van der Waals surface area contributed by atoms with E-state index in [1.807, 2.05) is 0 Å². The number of cyclic esters (lactones) is 1. The number of nitrogens with zero attached hydrogens (tertiary/aromatic N) is 1. The maximum atomic E-state index is 12.3. The second kappa shape index (κ2) is 6.51. The van der Waals surface area contributed by atoms with Crippen LogP contribution in [0.2, 0.25) is 0 Å². The van der Waals surface area contributed by atoms with Gasteiger partial charge in [-0.2, -0.15) is 0 Å². The van der Waals surface area contributed by atoms with Crippen molar-refractivity contribution in [2.75, 3.05) is 20.2 Å². The fourth-order valence-corrected chi connectivity index (χ4v) is 8.65. The zero-order valence-corrected chi connectivity index (χ0v) is 19.3. The number of esters is 1. The van der Waals surface area contributed by atoms with Gasteiger partial charge in [0.25, 0.3) is 0 Å². The van der Waals surface area contributed by atoms with E-state index in [-0.39, 0.29) is 29.4 Å². The monoisotopic (exact) mass is 442 g/mol. The Morgan fingerprint density at radius 1 is 1.22 bits per heavy atom. The van der Waals surface area contributed by atoms with Gasteiger partial charge in [-0.1, -0.05) is 26.2 Å². The van der Waals surface area contributed by atoms with Crippen molar-refractivity contribution in [3.63, 3.8) is 0 Å². The highest BCUT2D eigenvalue weighted by atomic mass is 16.7. The molecule has 1 unspecified atom stereocenters. The number of rotatable bonds is 4. The quantitative estimate of drug-likeness (QED) is 0.672. The summed E-state index contributed by atoms with van der Waals surface area (Å²) in [4.78, 5) is 15.1.